The van der Waals surface area contributed by atoms with E-state index in [1.54, 1.807) is 17.8 Å². The van der Waals surface area contributed by atoms with E-state index in [4.69, 9.17) is 10.5 Å². The van der Waals surface area contributed by atoms with E-state index < -0.39 is 0 Å². The van der Waals surface area contributed by atoms with Crippen LogP contribution in [0.5, 0.6) is 5.75 Å². The SMILES string of the molecule is Cc1cc(=O)n(CCCOc2ccccc2CN)cn1. The van der Waals surface area contributed by atoms with E-state index in [-0.39, 0.29) is 5.56 Å². The van der Waals surface area contributed by atoms with Crippen molar-refractivity contribution in [1.82, 2.24) is 9.55 Å². The van der Waals surface area contributed by atoms with Crippen molar-refractivity contribution in [3.8, 4) is 5.75 Å². The lowest BCUT2D eigenvalue weighted by molar-refractivity contribution is 0.298. The Hall–Kier alpha value is -2.14. The molecule has 0 unspecified atom stereocenters. The van der Waals surface area contributed by atoms with Gasteiger partial charge < -0.3 is 10.5 Å². The highest BCUT2D eigenvalue weighted by molar-refractivity contribution is 5.32. The van der Waals surface area contributed by atoms with Crippen molar-refractivity contribution in [2.24, 2.45) is 5.73 Å². The van der Waals surface area contributed by atoms with Gasteiger partial charge in [-0.3, -0.25) is 9.36 Å². The van der Waals surface area contributed by atoms with E-state index in [9.17, 15) is 4.79 Å². The lowest BCUT2D eigenvalue weighted by Crippen LogP contribution is -2.21. The fourth-order valence-electron chi connectivity index (χ4n) is 1.91. The molecule has 2 rings (SSSR count). The minimum absolute atomic E-state index is 0.0279. The lowest BCUT2D eigenvalue weighted by atomic mass is 10.2. The average molecular weight is 273 g/mol. The Kier molecular flexibility index (Phi) is 4.90. The second-order valence-corrected chi connectivity index (χ2v) is 4.58. The van der Waals surface area contributed by atoms with Crippen LogP contribution in [0.3, 0.4) is 0 Å². The number of ether oxygens (including phenoxy) is 1. The summed E-state index contributed by atoms with van der Waals surface area (Å²) in [5, 5.41) is 0. The van der Waals surface area contributed by atoms with Crippen molar-refractivity contribution < 1.29 is 4.74 Å². The van der Waals surface area contributed by atoms with Crippen LogP contribution in [-0.4, -0.2) is 16.2 Å². The maximum absolute atomic E-state index is 11.7. The summed E-state index contributed by atoms with van der Waals surface area (Å²) < 4.78 is 7.29. The van der Waals surface area contributed by atoms with Gasteiger partial charge >= 0.3 is 0 Å². The van der Waals surface area contributed by atoms with Gasteiger partial charge in [0.2, 0.25) is 0 Å². The van der Waals surface area contributed by atoms with E-state index >= 15 is 0 Å². The molecule has 20 heavy (non-hydrogen) atoms. The molecule has 0 saturated heterocycles. The third-order valence-corrected chi connectivity index (χ3v) is 3.01. The van der Waals surface area contributed by atoms with Gasteiger partial charge in [-0.1, -0.05) is 18.2 Å². The number of rotatable bonds is 6. The molecule has 2 N–H and O–H groups in total. The van der Waals surface area contributed by atoms with Crippen LogP contribution in [0.25, 0.3) is 0 Å². The van der Waals surface area contributed by atoms with Crippen LogP contribution >= 0.6 is 0 Å². The third kappa shape index (κ3) is 3.68. The van der Waals surface area contributed by atoms with E-state index in [1.165, 1.54) is 6.07 Å². The summed E-state index contributed by atoms with van der Waals surface area (Å²) in [5.41, 5.74) is 7.34. The van der Waals surface area contributed by atoms with Crippen LogP contribution in [0.15, 0.2) is 41.5 Å². The number of aryl methyl sites for hydroxylation is 2. The second-order valence-electron chi connectivity index (χ2n) is 4.58. The highest BCUT2D eigenvalue weighted by Crippen LogP contribution is 2.17. The Morgan fingerprint density at radius 1 is 1.35 bits per heavy atom. The normalized spacial score (nSPS) is 10.5. The molecule has 1 aromatic heterocycles. The largest absolute Gasteiger partial charge is 0.493 e. The van der Waals surface area contributed by atoms with Gasteiger partial charge in [-0.05, 0) is 19.4 Å². The van der Waals surface area contributed by atoms with Crippen LogP contribution in [0.4, 0.5) is 0 Å². The van der Waals surface area contributed by atoms with Crippen molar-refractivity contribution in [2.75, 3.05) is 6.61 Å². The summed E-state index contributed by atoms with van der Waals surface area (Å²) in [6.07, 6.45) is 2.31. The maximum Gasteiger partial charge on any atom is 0.253 e. The zero-order chi connectivity index (χ0) is 14.4. The van der Waals surface area contributed by atoms with Gasteiger partial charge in [0.25, 0.3) is 5.56 Å². The fourth-order valence-corrected chi connectivity index (χ4v) is 1.91. The van der Waals surface area contributed by atoms with Gasteiger partial charge in [0.15, 0.2) is 0 Å². The average Bonchev–Trinajstić information content (AvgIpc) is 2.46. The highest BCUT2D eigenvalue weighted by Gasteiger charge is 2.01. The second kappa shape index (κ2) is 6.86. The molecule has 0 fully saturated rings. The van der Waals surface area contributed by atoms with Gasteiger partial charge in [0.05, 0.1) is 12.9 Å². The lowest BCUT2D eigenvalue weighted by Gasteiger charge is -2.10. The number of hydrogen-bond donors (Lipinski definition) is 1. The summed E-state index contributed by atoms with van der Waals surface area (Å²) in [6.45, 7) is 3.39. The Morgan fingerprint density at radius 2 is 2.15 bits per heavy atom. The molecule has 1 heterocycles. The number of hydrogen-bond acceptors (Lipinski definition) is 4. The molecule has 0 radical (unpaired) electrons. The topological polar surface area (TPSA) is 70.1 Å². The molecule has 0 aliphatic rings. The first-order chi connectivity index (χ1) is 9.70. The Balaban J connectivity index is 1.86. The van der Waals surface area contributed by atoms with E-state index in [2.05, 4.69) is 4.98 Å². The molecule has 2 aromatic rings. The molecule has 0 amide bonds. The minimum atomic E-state index is -0.0279. The summed E-state index contributed by atoms with van der Waals surface area (Å²) in [5.74, 6) is 0.810. The summed E-state index contributed by atoms with van der Waals surface area (Å²) in [4.78, 5) is 15.8. The van der Waals surface area contributed by atoms with Crippen LogP contribution in [0.2, 0.25) is 0 Å². The first kappa shape index (κ1) is 14.3. The van der Waals surface area contributed by atoms with Gasteiger partial charge in [-0.15, -0.1) is 0 Å². The highest BCUT2D eigenvalue weighted by atomic mass is 16.5. The van der Waals surface area contributed by atoms with E-state index in [1.807, 2.05) is 24.3 Å². The third-order valence-electron chi connectivity index (χ3n) is 3.01. The van der Waals surface area contributed by atoms with E-state index in [0.717, 1.165) is 23.4 Å². The van der Waals surface area contributed by atoms with E-state index in [0.29, 0.717) is 19.7 Å². The predicted octanol–water partition coefficient (Wildman–Crippen LogP) is 1.48. The first-order valence-electron chi connectivity index (χ1n) is 6.64. The first-order valence-corrected chi connectivity index (χ1v) is 6.64. The van der Waals surface area contributed by atoms with Crippen LogP contribution in [0.1, 0.15) is 17.7 Å². The molecule has 0 spiro atoms. The summed E-state index contributed by atoms with van der Waals surface area (Å²) in [6, 6.07) is 9.24. The van der Waals surface area contributed by atoms with Gasteiger partial charge in [0.1, 0.15) is 5.75 Å². The van der Waals surface area contributed by atoms with Crippen molar-refractivity contribution in [3.63, 3.8) is 0 Å². The number of nitrogens with two attached hydrogens (primary N) is 1. The van der Waals surface area contributed by atoms with Crippen LogP contribution < -0.4 is 16.0 Å². The predicted molar refractivity (Wildman–Crippen MR) is 77.7 cm³/mol. The maximum atomic E-state index is 11.7. The summed E-state index contributed by atoms with van der Waals surface area (Å²) in [7, 11) is 0. The van der Waals surface area contributed by atoms with Crippen molar-refractivity contribution in [1.29, 1.82) is 0 Å². The zero-order valence-electron chi connectivity index (χ0n) is 11.6. The molecule has 0 atom stereocenters. The van der Waals surface area contributed by atoms with Gasteiger partial charge in [-0.25, -0.2) is 4.98 Å². The molecular formula is C15H19N3O2. The van der Waals surface area contributed by atoms with Gasteiger partial charge in [0, 0.05) is 30.4 Å². The minimum Gasteiger partial charge on any atom is -0.493 e. The smallest absolute Gasteiger partial charge is 0.253 e. The Labute approximate surface area is 118 Å². The monoisotopic (exact) mass is 273 g/mol. The quantitative estimate of drug-likeness (QED) is 0.809. The molecule has 106 valence electrons. The van der Waals surface area contributed by atoms with Crippen molar-refractivity contribution in [2.45, 2.75) is 26.4 Å². The molecule has 1 aromatic carbocycles. The van der Waals surface area contributed by atoms with Crippen LogP contribution in [-0.2, 0) is 13.1 Å². The summed E-state index contributed by atoms with van der Waals surface area (Å²) >= 11 is 0. The number of nitrogens with zero attached hydrogens (tertiary/aromatic N) is 2. The number of para-hydroxylation sites is 1. The Bertz CT molecular complexity index is 623. The van der Waals surface area contributed by atoms with Crippen molar-refractivity contribution >= 4 is 0 Å². The Morgan fingerprint density at radius 3 is 2.90 bits per heavy atom. The number of aromatic nitrogens is 2. The molecule has 0 saturated carbocycles. The molecule has 5 heteroatoms. The molecule has 0 aliphatic carbocycles. The molecular weight excluding hydrogens is 254 g/mol. The zero-order valence-corrected chi connectivity index (χ0v) is 11.6. The molecule has 0 bridgehead atoms. The standard InChI is InChI=1S/C15H19N3O2/c1-12-9-15(19)18(11-17-12)7-4-8-20-14-6-3-2-5-13(14)10-16/h2-3,5-6,9,11H,4,7-8,10,16H2,1H3. The van der Waals surface area contributed by atoms with Crippen molar-refractivity contribution in [3.05, 3.63) is 58.3 Å². The van der Waals surface area contributed by atoms with Crippen LogP contribution in [0, 0.1) is 6.92 Å². The molecule has 5 nitrogen and oxygen atoms in total. The number of benzene rings is 1. The van der Waals surface area contributed by atoms with Gasteiger partial charge in [-0.2, -0.15) is 0 Å². The molecule has 0 aliphatic heterocycles. The fraction of sp³-hybridized carbons (Fsp3) is 0.333.